The van der Waals surface area contributed by atoms with Gasteiger partial charge >= 0.3 is 0 Å². The van der Waals surface area contributed by atoms with Crippen LogP contribution in [0.5, 0.6) is 0 Å². The molecule has 20 heavy (non-hydrogen) atoms. The van der Waals surface area contributed by atoms with Crippen LogP contribution in [0, 0.1) is 12.8 Å². The number of anilines is 1. The molecule has 1 aromatic carbocycles. The first kappa shape index (κ1) is 14.2. The quantitative estimate of drug-likeness (QED) is 0.768. The summed E-state index contributed by atoms with van der Waals surface area (Å²) < 4.78 is 0. The summed E-state index contributed by atoms with van der Waals surface area (Å²) >= 11 is 5.96. The molecule has 0 N–H and O–H groups in total. The van der Waals surface area contributed by atoms with Crippen LogP contribution in [0.1, 0.15) is 30.4 Å². The van der Waals surface area contributed by atoms with Gasteiger partial charge in [0.1, 0.15) is 0 Å². The van der Waals surface area contributed by atoms with E-state index in [1.54, 1.807) is 0 Å². The highest BCUT2D eigenvalue weighted by atomic mass is 35.5. The number of hydrogen-bond acceptors (Lipinski definition) is 2. The van der Waals surface area contributed by atoms with Crippen LogP contribution >= 0.6 is 11.6 Å². The standard InChI is InChI=1S/C17H25ClN2/c1-13-10-16(6-5-14(13)11-18)20-9-7-17-15(12-20)4-3-8-19(17)2/h5-6,10,15,17H,3-4,7-9,11-12H2,1-2H3. The van der Waals surface area contributed by atoms with Crippen LogP contribution in [0.3, 0.4) is 0 Å². The summed E-state index contributed by atoms with van der Waals surface area (Å²) in [5.74, 6) is 1.46. The third kappa shape index (κ3) is 2.68. The highest BCUT2D eigenvalue weighted by molar-refractivity contribution is 6.17. The van der Waals surface area contributed by atoms with Gasteiger partial charge in [-0.3, -0.25) is 0 Å². The van der Waals surface area contributed by atoms with Gasteiger partial charge in [0, 0.05) is 30.7 Å². The van der Waals surface area contributed by atoms with Crippen LogP contribution in [0.25, 0.3) is 0 Å². The molecule has 2 atom stereocenters. The monoisotopic (exact) mass is 292 g/mol. The first-order chi connectivity index (χ1) is 9.69. The Morgan fingerprint density at radius 2 is 2.10 bits per heavy atom. The third-order valence-corrected chi connectivity index (χ3v) is 5.47. The number of rotatable bonds is 2. The first-order valence-electron chi connectivity index (χ1n) is 7.79. The Morgan fingerprint density at radius 3 is 2.85 bits per heavy atom. The molecule has 0 aromatic heterocycles. The minimum Gasteiger partial charge on any atom is -0.371 e. The Labute approximate surface area is 127 Å². The topological polar surface area (TPSA) is 6.48 Å². The second-order valence-electron chi connectivity index (χ2n) is 6.43. The van der Waals surface area contributed by atoms with E-state index >= 15 is 0 Å². The highest BCUT2D eigenvalue weighted by Gasteiger charge is 2.34. The Kier molecular flexibility index (Phi) is 4.23. The van der Waals surface area contributed by atoms with Gasteiger partial charge in [-0.15, -0.1) is 11.6 Å². The van der Waals surface area contributed by atoms with Gasteiger partial charge in [-0.1, -0.05) is 6.07 Å². The summed E-state index contributed by atoms with van der Waals surface area (Å²) in [6, 6.07) is 7.56. The Bertz CT molecular complexity index is 474. The van der Waals surface area contributed by atoms with E-state index < -0.39 is 0 Å². The molecule has 110 valence electrons. The molecule has 3 heteroatoms. The molecule has 2 aliphatic rings. The van der Waals surface area contributed by atoms with Crippen molar-refractivity contribution in [3.8, 4) is 0 Å². The highest BCUT2D eigenvalue weighted by Crippen LogP contribution is 2.32. The van der Waals surface area contributed by atoms with Crippen LogP contribution in [-0.4, -0.2) is 37.6 Å². The molecule has 0 amide bonds. The van der Waals surface area contributed by atoms with E-state index in [9.17, 15) is 0 Å². The number of alkyl halides is 1. The van der Waals surface area contributed by atoms with Gasteiger partial charge in [-0.2, -0.15) is 0 Å². The van der Waals surface area contributed by atoms with Crippen LogP contribution in [0.4, 0.5) is 5.69 Å². The lowest BCUT2D eigenvalue weighted by Gasteiger charge is -2.46. The van der Waals surface area contributed by atoms with Crippen LogP contribution in [0.15, 0.2) is 18.2 Å². The van der Waals surface area contributed by atoms with Gasteiger partial charge in [0.15, 0.2) is 0 Å². The maximum Gasteiger partial charge on any atom is 0.0476 e. The van der Waals surface area contributed by atoms with Gasteiger partial charge in [-0.25, -0.2) is 0 Å². The molecule has 0 radical (unpaired) electrons. The predicted octanol–water partition coefficient (Wildman–Crippen LogP) is 3.65. The number of aryl methyl sites for hydroxylation is 1. The second kappa shape index (κ2) is 5.95. The maximum atomic E-state index is 5.96. The number of benzene rings is 1. The van der Waals surface area contributed by atoms with Crippen molar-refractivity contribution in [1.82, 2.24) is 4.90 Å². The van der Waals surface area contributed by atoms with Crippen LogP contribution in [0.2, 0.25) is 0 Å². The van der Waals surface area contributed by atoms with Crippen molar-refractivity contribution in [2.45, 2.75) is 38.1 Å². The van der Waals surface area contributed by atoms with E-state index in [0.29, 0.717) is 5.88 Å². The van der Waals surface area contributed by atoms with E-state index in [-0.39, 0.29) is 0 Å². The van der Waals surface area contributed by atoms with Crippen molar-refractivity contribution < 1.29 is 0 Å². The lowest BCUT2D eigenvalue weighted by atomic mass is 9.84. The summed E-state index contributed by atoms with van der Waals surface area (Å²) in [4.78, 5) is 5.15. The van der Waals surface area contributed by atoms with Gasteiger partial charge in [0.2, 0.25) is 0 Å². The summed E-state index contributed by atoms with van der Waals surface area (Å²) in [7, 11) is 2.30. The molecule has 2 saturated heterocycles. The van der Waals surface area contributed by atoms with Gasteiger partial charge in [-0.05, 0) is 69.0 Å². The van der Waals surface area contributed by atoms with E-state index in [0.717, 1.165) is 12.0 Å². The van der Waals surface area contributed by atoms with E-state index in [1.807, 2.05) is 0 Å². The summed E-state index contributed by atoms with van der Waals surface area (Å²) in [5.41, 5.74) is 3.95. The normalized spacial score (nSPS) is 27.4. The van der Waals surface area contributed by atoms with Crippen molar-refractivity contribution >= 4 is 17.3 Å². The van der Waals surface area contributed by atoms with E-state index in [1.165, 1.54) is 55.7 Å². The molecule has 2 nitrogen and oxygen atoms in total. The minimum absolute atomic E-state index is 0.613. The number of piperidine rings is 2. The smallest absolute Gasteiger partial charge is 0.0476 e. The minimum atomic E-state index is 0.613. The zero-order valence-corrected chi connectivity index (χ0v) is 13.4. The number of likely N-dealkylation sites (tertiary alicyclic amines) is 1. The second-order valence-corrected chi connectivity index (χ2v) is 6.70. The maximum absolute atomic E-state index is 5.96. The van der Waals surface area contributed by atoms with Crippen molar-refractivity contribution in [1.29, 1.82) is 0 Å². The van der Waals surface area contributed by atoms with Gasteiger partial charge < -0.3 is 9.80 Å². The third-order valence-electron chi connectivity index (χ3n) is 5.18. The van der Waals surface area contributed by atoms with Crippen molar-refractivity contribution in [3.05, 3.63) is 29.3 Å². The SMILES string of the molecule is Cc1cc(N2CCC3C(CCCN3C)C2)ccc1CCl. The molecule has 1 aromatic rings. The van der Waals surface area contributed by atoms with Gasteiger partial charge in [0.05, 0.1) is 0 Å². The predicted molar refractivity (Wildman–Crippen MR) is 86.7 cm³/mol. The van der Waals surface area contributed by atoms with E-state index in [4.69, 9.17) is 11.6 Å². The molecule has 2 aliphatic heterocycles. The average molecular weight is 293 g/mol. The molecular weight excluding hydrogens is 268 g/mol. The largest absolute Gasteiger partial charge is 0.371 e. The summed E-state index contributed by atoms with van der Waals surface area (Å²) in [6.07, 6.45) is 4.05. The lowest BCUT2D eigenvalue weighted by molar-refractivity contribution is 0.102. The summed E-state index contributed by atoms with van der Waals surface area (Å²) in [6.45, 7) is 5.85. The fourth-order valence-corrected chi connectivity index (χ4v) is 4.21. The molecule has 0 spiro atoms. The van der Waals surface area contributed by atoms with Crippen LogP contribution < -0.4 is 4.90 Å². The van der Waals surface area contributed by atoms with Crippen molar-refractivity contribution in [2.24, 2.45) is 5.92 Å². The molecule has 3 rings (SSSR count). The lowest BCUT2D eigenvalue weighted by Crippen LogP contribution is -2.52. The summed E-state index contributed by atoms with van der Waals surface area (Å²) in [5, 5.41) is 0. The molecule has 2 unspecified atom stereocenters. The number of hydrogen-bond donors (Lipinski definition) is 0. The molecule has 0 bridgehead atoms. The Balaban J connectivity index is 1.74. The van der Waals surface area contributed by atoms with Crippen molar-refractivity contribution in [3.63, 3.8) is 0 Å². The van der Waals surface area contributed by atoms with E-state index in [2.05, 4.69) is 42.0 Å². The number of fused-ring (bicyclic) bond motifs is 1. The fraction of sp³-hybridized carbons (Fsp3) is 0.647. The van der Waals surface area contributed by atoms with Gasteiger partial charge in [0.25, 0.3) is 0 Å². The Hall–Kier alpha value is -0.730. The molecular formula is C17H25ClN2. The zero-order valence-electron chi connectivity index (χ0n) is 12.6. The fourth-order valence-electron chi connectivity index (χ4n) is 3.91. The molecule has 2 heterocycles. The molecule has 0 saturated carbocycles. The number of nitrogens with zero attached hydrogens (tertiary/aromatic N) is 2. The van der Waals surface area contributed by atoms with Crippen LogP contribution in [-0.2, 0) is 5.88 Å². The molecule has 0 aliphatic carbocycles. The zero-order chi connectivity index (χ0) is 14.1. The number of halogens is 1. The molecule has 2 fully saturated rings. The average Bonchev–Trinajstić information content (AvgIpc) is 2.47. The Morgan fingerprint density at radius 1 is 1.25 bits per heavy atom. The first-order valence-corrected chi connectivity index (χ1v) is 8.33. The van der Waals surface area contributed by atoms with Crippen molar-refractivity contribution in [2.75, 3.05) is 31.6 Å².